The number of rotatable bonds is 5. The Balaban J connectivity index is 1.37. The van der Waals surface area contributed by atoms with Crippen molar-refractivity contribution in [3.8, 4) is 0 Å². The Morgan fingerprint density at radius 2 is 1.32 bits per heavy atom. The molecule has 3 N–H and O–H groups in total. The van der Waals surface area contributed by atoms with E-state index < -0.39 is 0 Å². The average molecular weight is 416 g/mol. The fraction of sp³-hybridized carbons (Fsp3) is 0.261. The van der Waals surface area contributed by atoms with E-state index >= 15 is 0 Å². The highest BCUT2D eigenvalue weighted by atomic mass is 16.2. The van der Waals surface area contributed by atoms with Gasteiger partial charge < -0.3 is 5.32 Å². The third kappa shape index (κ3) is 4.85. The van der Waals surface area contributed by atoms with E-state index in [0.29, 0.717) is 12.8 Å². The maximum absolute atomic E-state index is 11.4. The van der Waals surface area contributed by atoms with Gasteiger partial charge in [-0.2, -0.15) is 10.2 Å². The Morgan fingerprint density at radius 1 is 0.839 bits per heavy atom. The zero-order chi connectivity index (χ0) is 21.8. The molecule has 31 heavy (non-hydrogen) atoms. The van der Waals surface area contributed by atoms with E-state index in [0.717, 1.165) is 33.9 Å². The molecule has 2 unspecified atom stereocenters. The van der Waals surface area contributed by atoms with Gasteiger partial charge in [0, 0.05) is 30.4 Å². The number of nitrogens with zero attached hydrogens (tertiary/aromatic N) is 3. The quantitative estimate of drug-likeness (QED) is 0.515. The molecule has 0 spiro atoms. The maximum Gasteiger partial charge on any atom is 0.240 e. The second-order valence-corrected chi connectivity index (χ2v) is 7.80. The fourth-order valence-electron chi connectivity index (χ4n) is 3.64. The Labute approximate surface area is 180 Å². The van der Waals surface area contributed by atoms with E-state index in [-0.39, 0.29) is 23.7 Å². The first-order chi connectivity index (χ1) is 15.0. The van der Waals surface area contributed by atoms with Crippen LogP contribution in [-0.4, -0.2) is 29.6 Å². The molecular formula is C23H24N6O2. The molecule has 8 heteroatoms. The number of hydrogen-bond acceptors (Lipinski definition) is 5. The number of carbonyl (C=O) groups excluding carboxylic acids is 2. The van der Waals surface area contributed by atoms with Crippen LogP contribution in [0.4, 0.5) is 11.4 Å². The smallest absolute Gasteiger partial charge is 0.240 e. The summed E-state index contributed by atoms with van der Waals surface area (Å²) in [5.41, 5.74) is 10.5. The predicted molar refractivity (Wildman–Crippen MR) is 122 cm³/mol. The Hall–Kier alpha value is -3.81. The molecule has 2 aliphatic rings. The molecule has 8 nitrogen and oxygen atoms in total. The van der Waals surface area contributed by atoms with Crippen molar-refractivity contribution >= 4 is 41.0 Å². The minimum absolute atomic E-state index is 0.0493. The van der Waals surface area contributed by atoms with Gasteiger partial charge in [-0.1, -0.05) is 38.1 Å². The SMILES string of the molecule is CC1CC(=O)NN=C1c1ccc(N=CNc2ccc(C3=NNC(=O)CC3C)cc2)cc1. The van der Waals surface area contributed by atoms with Gasteiger partial charge in [0.05, 0.1) is 23.4 Å². The van der Waals surface area contributed by atoms with Crippen LogP contribution >= 0.6 is 0 Å². The third-order valence-electron chi connectivity index (χ3n) is 5.31. The van der Waals surface area contributed by atoms with Crippen molar-refractivity contribution in [3.05, 3.63) is 59.7 Å². The summed E-state index contributed by atoms with van der Waals surface area (Å²) in [6.07, 6.45) is 2.54. The molecular weight excluding hydrogens is 392 g/mol. The summed E-state index contributed by atoms with van der Waals surface area (Å²) in [6, 6.07) is 15.6. The summed E-state index contributed by atoms with van der Waals surface area (Å²) in [7, 11) is 0. The fourth-order valence-corrected chi connectivity index (χ4v) is 3.64. The van der Waals surface area contributed by atoms with Gasteiger partial charge in [-0.05, 0) is 35.4 Å². The van der Waals surface area contributed by atoms with E-state index in [4.69, 9.17) is 0 Å². The molecule has 0 fully saturated rings. The van der Waals surface area contributed by atoms with E-state index in [9.17, 15) is 9.59 Å². The molecule has 2 atom stereocenters. The lowest BCUT2D eigenvalue weighted by Gasteiger charge is -2.19. The average Bonchev–Trinajstić information content (AvgIpc) is 2.75. The first-order valence-corrected chi connectivity index (χ1v) is 10.2. The largest absolute Gasteiger partial charge is 0.346 e. The van der Waals surface area contributed by atoms with Crippen molar-refractivity contribution in [2.45, 2.75) is 26.7 Å². The van der Waals surface area contributed by atoms with Gasteiger partial charge in [0.2, 0.25) is 11.8 Å². The summed E-state index contributed by atoms with van der Waals surface area (Å²) in [5, 5.41) is 11.5. The van der Waals surface area contributed by atoms with Crippen LogP contribution < -0.4 is 16.2 Å². The van der Waals surface area contributed by atoms with Crippen molar-refractivity contribution in [1.29, 1.82) is 0 Å². The minimum atomic E-state index is -0.0513. The van der Waals surface area contributed by atoms with Crippen molar-refractivity contribution < 1.29 is 9.59 Å². The second kappa shape index (κ2) is 8.91. The van der Waals surface area contributed by atoms with Crippen LogP contribution in [0.15, 0.2) is 63.7 Å². The number of hydrogen-bond donors (Lipinski definition) is 3. The molecule has 2 aliphatic heterocycles. The van der Waals surface area contributed by atoms with E-state index in [2.05, 4.69) is 31.4 Å². The number of nitrogens with one attached hydrogen (secondary N) is 3. The maximum atomic E-state index is 11.4. The van der Waals surface area contributed by atoms with Gasteiger partial charge in [0.1, 0.15) is 0 Å². The summed E-state index contributed by atoms with van der Waals surface area (Å²) >= 11 is 0. The molecule has 2 heterocycles. The molecule has 0 aliphatic carbocycles. The Morgan fingerprint density at radius 3 is 1.81 bits per heavy atom. The Bertz CT molecular complexity index is 1070. The molecule has 0 saturated heterocycles. The second-order valence-electron chi connectivity index (χ2n) is 7.80. The summed E-state index contributed by atoms with van der Waals surface area (Å²) in [5.74, 6) is 0.0823. The molecule has 158 valence electrons. The van der Waals surface area contributed by atoms with Crippen LogP contribution in [0.25, 0.3) is 0 Å². The number of carbonyl (C=O) groups is 2. The molecule has 0 aromatic heterocycles. The number of hydrazone groups is 2. The van der Waals surface area contributed by atoms with Crippen molar-refractivity contribution in [2.24, 2.45) is 27.0 Å². The molecule has 0 saturated carbocycles. The van der Waals surface area contributed by atoms with Crippen LogP contribution in [-0.2, 0) is 9.59 Å². The van der Waals surface area contributed by atoms with Gasteiger partial charge in [0.25, 0.3) is 0 Å². The zero-order valence-corrected chi connectivity index (χ0v) is 17.4. The van der Waals surface area contributed by atoms with Crippen LogP contribution in [0.3, 0.4) is 0 Å². The van der Waals surface area contributed by atoms with Gasteiger partial charge in [0.15, 0.2) is 0 Å². The number of benzene rings is 2. The minimum Gasteiger partial charge on any atom is -0.346 e. The molecule has 2 aromatic rings. The lowest BCUT2D eigenvalue weighted by molar-refractivity contribution is -0.122. The number of anilines is 1. The molecule has 2 amide bonds. The van der Waals surface area contributed by atoms with Crippen molar-refractivity contribution in [2.75, 3.05) is 5.32 Å². The molecule has 2 aromatic carbocycles. The molecule has 4 rings (SSSR count). The highest BCUT2D eigenvalue weighted by Gasteiger charge is 2.22. The van der Waals surface area contributed by atoms with Gasteiger partial charge >= 0.3 is 0 Å². The number of amides is 2. The lowest BCUT2D eigenvalue weighted by Crippen LogP contribution is -2.31. The van der Waals surface area contributed by atoms with Crippen molar-refractivity contribution in [3.63, 3.8) is 0 Å². The lowest BCUT2D eigenvalue weighted by atomic mass is 9.94. The van der Waals surface area contributed by atoms with E-state index in [1.54, 1.807) is 6.34 Å². The predicted octanol–water partition coefficient (Wildman–Crippen LogP) is 3.18. The van der Waals surface area contributed by atoms with Crippen molar-refractivity contribution in [1.82, 2.24) is 10.9 Å². The van der Waals surface area contributed by atoms with E-state index in [1.807, 2.05) is 62.4 Å². The number of aliphatic imine (C=N–C) groups is 1. The van der Waals surface area contributed by atoms with Gasteiger partial charge in [-0.25, -0.2) is 15.8 Å². The van der Waals surface area contributed by atoms with Gasteiger partial charge in [-0.3, -0.25) is 9.59 Å². The van der Waals surface area contributed by atoms with Crippen LogP contribution in [0.1, 0.15) is 37.8 Å². The highest BCUT2D eigenvalue weighted by molar-refractivity contribution is 6.06. The zero-order valence-electron chi connectivity index (χ0n) is 17.4. The standard InChI is InChI=1S/C23H24N6O2/c1-14-11-20(30)26-28-22(14)16-3-7-18(8-4-16)24-13-25-19-9-5-17(6-10-19)23-15(2)12-21(31)27-29-23/h3-10,13-15H,11-12H2,1-2H3,(H,24,25)(H,26,30)(H,27,31). The molecule has 0 bridgehead atoms. The van der Waals surface area contributed by atoms with E-state index in [1.165, 1.54) is 0 Å². The van der Waals surface area contributed by atoms with Crippen LogP contribution in [0.5, 0.6) is 0 Å². The third-order valence-corrected chi connectivity index (χ3v) is 5.31. The first kappa shape index (κ1) is 20.5. The topological polar surface area (TPSA) is 107 Å². The summed E-state index contributed by atoms with van der Waals surface area (Å²) in [6.45, 7) is 4.00. The summed E-state index contributed by atoms with van der Waals surface area (Å²) < 4.78 is 0. The first-order valence-electron chi connectivity index (χ1n) is 10.2. The van der Waals surface area contributed by atoms with Crippen LogP contribution in [0, 0.1) is 11.8 Å². The summed E-state index contributed by atoms with van der Waals surface area (Å²) in [4.78, 5) is 27.2. The van der Waals surface area contributed by atoms with Crippen LogP contribution in [0.2, 0.25) is 0 Å². The Kier molecular flexibility index (Phi) is 5.88. The molecule has 0 radical (unpaired) electrons. The van der Waals surface area contributed by atoms with Gasteiger partial charge in [-0.15, -0.1) is 0 Å². The monoisotopic (exact) mass is 416 g/mol. The highest BCUT2D eigenvalue weighted by Crippen LogP contribution is 2.20. The normalized spacial score (nSPS) is 21.2.